The summed E-state index contributed by atoms with van der Waals surface area (Å²) in [7, 11) is 0. The van der Waals surface area contributed by atoms with Crippen molar-refractivity contribution in [1.82, 2.24) is 15.3 Å². The van der Waals surface area contributed by atoms with E-state index < -0.39 is 12.2 Å². The lowest BCUT2D eigenvalue weighted by molar-refractivity contribution is -0.137. The van der Waals surface area contributed by atoms with E-state index in [1.807, 2.05) is 17.9 Å². The number of morpholine rings is 1. The molecule has 0 aliphatic carbocycles. The van der Waals surface area contributed by atoms with E-state index in [4.69, 9.17) is 4.74 Å². The minimum Gasteiger partial charge on any atom is -0.392 e. The zero-order chi connectivity index (χ0) is 18.7. The van der Waals surface area contributed by atoms with Gasteiger partial charge >= 0.3 is 0 Å². The van der Waals surface area contributed by atoms with Crippen molar-refractivity contribution in [2.45, 2.75) is 32.2 Å². The maximum absolute atomic E-state index is 12.3. The van der Waals surface area contributed by atoms with Crippen molar-refractivity contribution in [3.63, 3.8) is 0 Å². The fourth-order valence-electron chi connectivity index (χ4n) is 3.04. The van der Waals surface area contributed by atoms with Gasteiger partial charge in [0.25, 0.3) is 5.91 Å². The summed E-state index contributed by atoms with van der Waals surface area (Å²) in [6.45, 7) is 4.64. The molecule has 1 aromatic carbocycles. The fourth-order valence-corrected chi connectivity index (χ4v) is 3.04. The SMILES string of the molecule is CC1CN(c2ccc(C#N)c3nccnc23)CC(C(=O)NC[C@H](C)O)O1. The van der Waals surface area contributed by atoms with Gasteiger partial charge in [0.2, 0.25) is 0 Å². The molecule has 26 heavy (non-hydrogen) atoms. The lowest BCUT2D eigenvalue weighted by Crippen LogP contribution is -2.53. The summed E-state index contributed by atoms with van der Waals surface area (Å²) in [5.74, 6) is -0.258. The van der Waals surface area contributed by atoms with Gasteiger partial charge in [-0.2, -0.15) is 5.26 Å². The van der Waals surface area contributed by atoms with Crippen molar-refractivity contribution in [3.8, 4) is 6.07 Å². The molecule has 2 unspecified atom stereocenters. The molecule has 0 spiro atoms. The van der Waals surface area contributed by atoms with Crippen LogP contribution in [0.2, 0.25) is 0 Å². The number of anilines is 1. The standard InChI is InChI=1S/C18H21N5O3/c1-11(24)8-22-18(25)15-10-23(9-12(2)26-15)14-4-3-13(7-19)16-17(14)21-6-5-20-16/h3-6,11-12,15,24H,8-10H2,1-2H3,(H,22,25)/t11-,12?,15?/m0/s1. The van der Waals surface area contributed by atoms with E-state index in [9.17, 15) is 15.2 Å². The number of hydrogen-bond donors (Lipinski definition) is 2. The van der Waals surface area contributed by atoms with Gasteiger partial charge in [0, 0.05) is 25.5 Å². The smallest absolute Gasteiger partial charge is 0.251 e. The summed E-state index contributed by atoms with van der Waals surface area (Å²) in [4.78, 5) is 23.0. The summed E-state index contributed by atoms with van der Waals surface area (Å²) in [5, 5.41) is 21.3. The molecule has 1 amide bonds. The van der Waals surface area contributed by atoms with Crippen LogP contribution in [-0.2, 0) is 9.53 Å². The third-order valence-electron chi connectivity index (χ3n) is 4.19. The Bertz CT molecular complexity index is 848. The van der Waals surface area contributed by atoms with E-state index in [-0.39, 0.29) is 18.6 Å². The first-order chi connectivity index (χ1) is 12.5. The summed E-state index contributed by atoms with van der Waals surface area (Å²) in [6.07, 6.45) is 1.72. The molecule has 1 aliphatic rings. The molecule has 3 rings (SSSR count). The van der Waals surface area contributed by atoms with E-state index in [0.29, 0.717) is 29.7 Å². The van der Waals surface area contributed by atoms with E-state index in [1.165, 1.54) is 0 Å². The van der Waals surface area contributed by atoms with Gasteiger partial charge in [0.15, 0.2) is 6.10 Å². The van der Waals surface area contributed by atoms with Crippen molar-refractivity contribution in [2.24, 2.45) is 0 Å². The normalized spacial score (nSPS) is 21.2. The maximum Gasteiger partial charge on any atom is 0.251 e. The van der Waals surface area contributed by atoms with Gasteiger partial charge in [0.1, 0.15) is 17.1 Å². The Balaban J connectivity index is 1.88. The molecule has 1 aromatic heterocycles. The molecule has 1 fully saturated rings. The summed E-state index contributed by atoms with van der Waals surface area (Å²) >= 11 is 0. The molecule has 2 aromatic rings. The number of nitrogens with one attached hydrogen (secondary N) is 1. The molecule has 0 saturated carbocycles. The van der Waals surface area contributed by atoms with Crippen LogP contribution >= 0.6 is 0 Å². The highest BCUT2D eigenvalue weighted by Gasteiger charge is 2.31. The molecule has 0 radical (unpaired) electrons. The number of aromatic nitrogens is 2. The first-order valence-corrected chi connectivity index (χ1v) is 8.49. The number of hydrogen-bond acceptors (Lipinski definition) is 7. The highest BCUT2D eigenvalue weighted by molar-refractivity contribution is 5.92. The number of fused-ring (bicyclic) bond motifs is 1. The zero-order valence-electron chi connectivity index (χ0n) is 14.7. The number of carbonyl (C=O) groups excluding carboxylic acids is 1. The van der Waals surface area contributed by atoms with Gasteiger partial charge in [0.05, 0.1) is 30.0 Å². The molecule has 3 atom stereocenters. The first-order valence-electron chi connectivity index (χ1n) is 8.49. The first kappa shape index (κ1) is 18.0. The van der Waals surface area contributed by atoms with Crippen LogP contribution in [0.5, 0.6) is 0 Å². The van der Waals surface area contributed by atoms with Crippen LogP contribution in [-0.4, -0.2) is 58.9 Å². The van der Waals surface area contributed by atoms with Gasteiger partial charge in [-0.05, 0) is 26.0 Å². The van der Waals surface area contributed by atoms with Gasteiger partial charge in [-0.15, -0.1) is 0 Å². The number of carbonyl (C=O) groups is 1. The predicted molar refractivity (Wildman–Crippen MR) is 95.5 cm³/mol. The number of nitriles is 1. The van der Waals surface area contributed by atoms with Gasteiger partial charge in [-0.3, -0.25) is 14.8 Å². The van der Waals surface area contributed by atoms with Gasteiger partial charge < -0.3 is 20.1 Å². The average molecular weight is 355 g/mol. The molecule has 0 bridgehead atoms. The number of rotatable bonds is 4. The van der Waals surface area contributed by atoms with Crippen LogP contribution in [0.25, 0.3) is 11.0 Å². The summed E-state index contributed by atoms with van der Waals surface area (Å²) < 4.78 is 5.77. The quantitative estimate of drug-likeness (QED) is 0.826. The molecule has 8 heteroatoms. The number of nitrogens with zero attached hydrogens (tertiary/aromatic N) is 4. The van der Waals surface area contributed by atoms with Crippen LogP contribution in [0.4, 0.5) is 5.69 Å². The molecule has 1 aliphatic heterocycles. The lowest BCUT2D eigenvalue weighted by atomic mass is 10.1. The largest absolute Gasteiger partial charge is 0.392 e. The lowest BCUT2D eigenvalue weighted by Gasteiger charge is -2.37. The zero-order valence-corrected chi connectivity index (χ0v) is 14.7. The second-order valence-corrected chi connectivity index (χ2v) is 6.43. The average Bonchev–Trinajstić information content (AvgIpc) is 2.64. The minimum absolute atomic E-state index is 0.159. The Morgan fingerprint density at radius 2 is 2.15 bits per heavy atom. The van der Waals surface area contributed by atoms with E-state index in [0.717, 1.165) is 5.69 Å². The molecule has 8 nitrogen and oxygen atoms in total. The molecular weight excluding hydrogens is 334 g/mol. The number of aliphatic hydroxyl groups is 1. The minimum atomic E-state index is -0.653. The van der Waals surface area contributed by atoms with E-state index >= 15 is 0 Å². The van der Waals surface area contributed by atoms with Crippen molar-refractivity contribution in [1.29, 1.82) is 5.26 Å². The third kappa shape index (κ3) is 3.74. The predicted octanol–water partition coefficient (Wildman–Crippen LogP) is 0.592. The highest BCUT2D eigenvalue weighted by Crippen LogP contribution is 2.28. The molecular formula is C18H21N5O3. The highest BCUT2D eigenvalue weighted by atomic mass is 16.5. The summed E-state index contributed by atoms with van der Waals surface area (Å²) in [5.41, 5.74) is 2.45. The number of aliphatic hydroxyl groups excluding tert-OH is 1. The third-order valence-corrected chi connectivity index (χ3v) is 4.19. The van der Waals surface area contributed by atoms with Crippen molar-refractivity contribution >= 4 is 22.6 Å². The molecule has 2 heterocycles. The van der Waals surface area contributed by atoms with Crippen LogP contribution < -0.4 is 10.2 Å². The number of ether oxygens (including phenoxy) is 1. The Hall–Kier alpha value is -2.76. The van der Waals surface area contributed by atoms with Gasteiger partial charge in [-0.25, -0.2) is 0 Å². The van der Waals surface area contributed by atoms with Crippen molar-refractivity contribution in [2.75, 3.05) is 24.5 Å². The molecule has 1 saturated heterocycles. The maximum atomic E-state index is 12.3. The van der Waals surface area contributed by atoms with E-state index in [2.05, 4.69) is 21.4 Å². The van der Waals surface area contributed by atoms with Crippen LogP contribution in [0, 0.1) is 11.3 Å². The second-order valence-electron chi connectivity index (χ2n) is 6.43. The Morgan fingerprint density at radius 1 is 1.42 bits per heavy atom. The van der Waals surface area contributed by atoms with E-state index in [1.54, 1.807) is 25.4 Å². The summed E-state index contributed by atoms with van der Waals surface area (Å²) in [6, 6.07) is 5.68. The molecule has 136 valence electrons. The Morgan fingerprint density at radius 3 is 2.85 bits per heavy atom. The monoisotopic (exact) mass is 355 g/mol. The van der Waals surface area contributed by atoms with Crippen molar-refractivity contribution in [3.05, 3.63) is 30.1 Å². The van der Waals surface area contributed by atoms with Crippen LogP contribution in [0.1, 0.15) is 19.4 Å². The van der Waals surface area contributed by atoms with Crippen LogP contribution in [0.3, 0.4) is 0 Å². The number of amides is 1. The topological polar surface area (TPSA) is 111 Å². The Kier molecular flexibility index (Phi) is 5.30. The second kappa shape index (κ2) is 7.64. The molecule has 2 N–H and O–H groups in total. The fraction of sp³-hybridized carbons (Fsp3) is 0.444. The number of benzene rings is 1. The van der Waals surface area contributed by atoms with Crippen molar-refractivity contribution < 1.29 is 14.6 Å². The van der Waals surface area contributed by atoms with Gasteiger partial charge in [-0.1, -0.05) is 0 Å². The Labute approximate surface area is 151 Å². The van der Waals surface area contributed by atoms with Crippen LogP contribution in [0.15, 0.2) is 24.5 Å².